The van der Waals surface area contributed by atoms with E-state index >= 15 is 0 Å². The second-order valence-electron chi connectivity index (χ2n) is 4.07. The van der Waals surface area contributed by atoms with Gasteiger partial charge in [-0.15, -0.1) is 0 Å². The maximum atomic E-state index is 13.1. The van der Waals surface area contributed by atoms with E-state index in [9.17, 15) is 4.39 Å². The van der Waals surface area contributed by atoms with Crippen LogP contribution in [0.3, 0.4) is 0 Å². The number of hydrogen-bond acceptors (Lipinski definition) is 3. The minimum atomic E-state index is -0.290. The normalized spacial score (nSPS) is 22.1. The molecule has 2 rings (SSSR count). The largest absolute Gasteiger partial charge is 0.488 e. The van der Waals surface area contributed by atoms with Gasteiger partial charge in [-0.1, -0.05) is 0 Å². The number of halogens is 1. The van der Waals surface area contributed by atoms with Gasteiger partial charge in [0.1, 0.15) is 17.7 Å². The monoisotopic (exact) mass is 225 g/mol. The van der Waals surface area contributed by atoms with Gasteiger partial charge in [0.25, 0.3) is 0 Å². The molecule has 88 valence electrons. The zero-order valence-corrected chi connectivity index (χ0v) is 9.28. The number of ether oxygens (including phenoxy) is 2. The molecule has 1 aliphatic heterocycles. The molecule has 2 N–H and O–H groups in total. The van der Waals surface area contributed by atoms with Crippen LogP contribution in [0.1, 0.15) is 24.9 Å². The number of benzene rings is 1. The van der Waals surface area contributed by atoms with Crippen LogP contribution in [0.15, 0.2) is 18.2 Å². The highest BCUT2D eigenvalue weighted by Crippen LogP contribution is 2.27. The van der Waals surface area contributed by atoms with Gasteiger partial charge in [-0.05, 0) is 25.1 Å². The minimum Gasteiger partial charge on any atom is -0.488 e. The zero-order valence-electron chi connectivity index (χ0n) is 9.28. The summed E-state index contributed by atoms with van der Waals surface area (Å²) in [7, 11) is 0. The van der Waals surface area contributed by atoms with E-state index in [2.05, 4.69) is 0 Å². The van der Waals surface area contributed by atoms with Gasteiger partial charge in [-0.25, -0.2) is 4.39 Å². The Kier molecular flexibility index (Phi) is 3.41. The first kappa shape index (κ1) is 11.4. The summed E-state index contributed by atoms with van der Waals surface area (Å²) in [6.45, 7) is 3.13. The number of rotatable bonds is 3. The van der Waals surface area contributed by atoms with Crippen LogP contribution in [0.5, 0.6) is 5.75 Å². The summed E-state index contributed by atoms with van der Waals surface area (Å²) in [5.74, 6) is 0.370. The summed E-state index contributed by atoms with van der Waals surface area (Å²) >= 11 is 0. The molecule has 0 spiro atoms. The van der Waals surface area contributed by atoms with Gasteiger partial charge in [0.2, 0.25) is 0 Å². The van der Waals surface area contributed by atoms with Crippen molar-refractivity contribution in [3.8, 4) is 5.75 Å². The van der Waals surface area contributed by atoms with E-state index in [1.54, 1.807) is 6.07 Å². The third-order valence-corrected chi connectivity index (χ3v) is 2.64. The third kappa shape index (κ3) is 2.51. The van der Waals surface area contributed by atoms with Crippen LogP contribution >= 0.6 is 0 Å². The van der Waals surface area contributed by atoms with Crippen LogP contribution < -0.4 is 10.5 Å². The van der Waals surface area contributed by atoms with Crippen molar-refractivity contribution in [2.45, 2.75) is 25.5 Å². The van der Waals surface area contributed by atoms with Gasteiger partial charge >= 0.3 is 0 Å². The van der Waals surface area contributed by atoms with Crippen molar-refractivity contribution in [1.29, 1.82) is 0 Å². The number of hydrogen-bond donors (Lipinski definition) is 1. The van der Waals surface area contributed by atoms with Crippen LogP contribution in [-0.4, -0.2) is 19.3 Å². The van der Waals surface area contributed by atoms with E-state index in [0.717, 1.165) is 13.0 Å². The fourth-order valence-corrected chi connectivity index (χ4v) is 1.77. The van der Waals surface area contributed by atoms with Crippen LogP contribution in [0.2, 0.25) is 0 Å². The summed E-state index contributed by atoms with van der Waals surface area (Å²) < 4.78 is 24.1. The lowest BCUT2D eigenvalue weighted by molar-refractivity contribution is 0.140. The predicted molar refractivity (Wildman–Crippen MR) is 58.9 cm³/mol. The SMILES string of the molecule is C[C@@H](N)c1cc(F)ccc1OC1CCOC1. The van der Waals surface area contributed by atoms with E-state index < -0.39 is 0 Å². The van der Waals surface area contributed by atoms with Gasteiger partial charge < -0.3 is 15.2 Å². The Morgan fingerprint density at radius 2 is 2.38 bits per heavy atom. The second-order valence-corrected chi connectivity index (χ2v) is 4.07. The maximum Gasteiger partial charge on any atom is 0.124 e. The molecule has 2 atom stereocenters. The topological polar surface area (TPSA) is 44.5 Å². The van der Waals surface area contributed by atoms with Crippen molar-refractivity contribution in [1.82, 2.24) is 0 Å². The highest BCUT2D eigenvalue weighted by atomic mass is 19.1. The van der Waals surface area contributed by atoms with Crippen LogP contribution in [0.4, 0.5) is 4.39 Å². The van der Waals surface area contributed by atoms with E-state index in [1.165, 1.54) is 12.1 Å². The molecule has 1 saturated heterocycles. The quantitative estimate of drug-likeness (QED) is 0.855. The second kappa shape index (κ2) is 4.80. The molecule has 1 unspecified atom stereocenters. The maximum absolute atomic E-state index is 13.1. The summed E-state index contributed by atoms with van der Waals surface area (Å²) in [5, 5.41) is 0. The summed E-state index contributed by atoms with van der Waals surface area (Å²) in [4.78, 5) is 0. The molecule has 16 heavy (non-hydrogen) atoms. The molecule has 0 amide bonds. The fraction of sp³-hybridized carbons (Fsp3) is 0.500. The molecule has 1 aromatic carbocycles. The van der Waals surface area contributed by atoms with Gasteiger partial charge in [0, 0.05) is 18.0 Å². The summed E-state index contributed by atoms with van der Waals surface area (Å²) in [6, 6.07) is 4.20. The summed E-state index contributed by atoms with van der Waals surface area (Å²) in [5.41, 5.74) is 6.48. The van der Waals surface area contributed by atoms with Crippen molar-refractivity contribution in [2.75, 3.05) is 13.2 Å². The minimum absolute atomic E-state index is 0.0583. The van der Waals surface area contributed by atoms with E-state index in [0.29, 0.717) is 17.9 Å². The highest BCUT2D eigenvalue weighted by Gasteiger charge is 2.19. The first-order valence-corrected chi connectivity index (χ1v) is 5.46. The van der Waals surface area contributed by atoms with E-state index in [-0.39, 0.29) is 18.0 Å². The molecule has 0 radical (unpaired) electrons. The average molecular weight is 225 g/mol. The Morgan fingerprint density at radius 1 is 1.56 bits per heavy atom. The van der Waals surface area contributed by atoms with E-state index in [4.69, 9.17) is 15.2 Å². The Hall–Kier alpha value is -1.13. The van der Waals surface area contributed by atoms with Gasteiger partial charge in [0.05, 0.1) is 13.2 Å². The molecule has 0 aliphatic carbocycles. The molecule has 1 aliphatic rings. The van der Waals surface area contributed by atoms with E-state index in [1.807, 2.05) is 6.92 Å². The Balaban J connectivity index is 2.18. The number of nitrogens with two attached hydrogens (primary N) is 1. The summed E-state index contributed by atoms with van der Waals surface area (Å²) in [6.07, 6.45) is 0.929. The highest BCUT2D eigenvalue weighted by molar-refractivity contribution is 5.36. The Morgan fingerprint density at radius 3 is 3.00 bits per heavy atom. The molecular formula is C12H16FNO2. The van der Waals surface area contributed by atoms with Crippen LogP contribution in [0.25, 0.3) is 0 Å². The molecule has 1 fully saturated rings. The van der Waals surface area contributed by atoms with Gasteiger partial charge in [-0.3, -0.25) is 0 Å². The molecule has 0 saturated carbocycles. The molecule has 3 nitrogen and oxygen atoms in total. The first-order valence-electron chi connectivity index (χ1n) is 5.46. The lowest BCUT2D eigenvalue weighted by atomic mass is 10.1. The Bertz CT molecular complexity index is 362. The van der Waals surface area contributed by atoms with Crippen molar-refractivity contribution < 1.29 is 13.9 Å². The fourth-order valence-electron chi connectivity index (χ4n) is 1.77. The Labute approximate surface area is 94.3 Å². The lowest BCUT2D eigenvalue weighted by Crippen LogP contribution is -2.18. The van der Waals surface area contributed by atoms with Crippen molar-refractivity contribution in [2.24, 2.45) is 5.73 Å². The van der Waals surface area contributed by atoms with Gasteiger partial charge in [0.15, 0.2) is 0 Å². The van der Waals surface area contributed by atoms with Crippen molar-refractivity contribution in [3.63, 3.8) is 0 Å². The van der Waals surface area contributed by atoms with Crippen molar-refractivity contribution >= 4 is 0 Å². The first-order chi connectivity index (χ1) is 7.66. The van der Waals surface area contributed by atoms with Crippen LogP contribution in [0, 0.1) is 5.82 Å². The third-order valence-electron chi connectivity index (χ3n) is 2.64. The van der Waals surface area contributed by atoms with Gasteiger partial charge in [-0.2, -0.15) is 0 Å². The molecular weight excluding hydrogens is 209 g/mol. The molecule has 4 heteroatoms. The zero-order chi connectivity index (χ0) is 11.5. The molecule has 0 bridgehead atoms. The smallest absolute Gasteiger partial charge is 0.124 e. The van der Waals surface area contributed by atoms with Crippen molar-refractivity contribution in [3.05, 3.63) is 29.6 Å². The molecule has 0 aromatic heterocycles. The lowest BCUT2D eigenvalue weighted by Gasteiger charge is -2.17. The average Bonchev–Trinajstić information content (AvgIpc) is 2.73. The van der Waals surface area contributed by atoms with Crippen LogP contribution in [-0.2, 0) is 4.74 Å². The molecule has 1 aromatic rings. The standard InChI is InChI=1S/C12H16FNO2/c1-8(14)11-6-9(13)2-3-12(11)16-10-4-5-15-7-10/h2-3,6,8,10H,4-5,7,14H2,1H3/t8-,10?/m1/s1. The molecule has 1 heterocycles. The predicted octanol–water partition coefficient (Wildman–Crippen LogP) is 2.01.